The second kappa shape index (κ2) is 10.4. The molecule has 0 amide bonds. The van der Waals surface area contributed by atoms with E-state index in [1.54, 1.807) is 24.3 Å². The van der Waals surface area contributed by atoms with E-state index in [0.717, 1.165) is 16.7 Å². The van der Waals surface area contributed by atoms with E-state index in [1.807, 2.05) is 73.6 Å². The van der Waals surface area contributed by atoms with Gasteiger partial charge in [-0.3, -0.25) is 14.4 Å². The zero-order valence-corrected chi connectivity index (χ0v) is 23.7. The van der Waals surface area contributed by atoms with Gasteiger partial charge in [0, 0.05) is 5.56 Å². The Morgan fingerprint density at radius 1 is 0.838 bits per heavy atom. The van der Waals surface area contributed by atoms with Gasteiger partial charge < -0.3 is 5.11 Å². The lowest BCUT2D eigenvalue weighted by molar-refractivity contribution is -0.176. The molecule has 0 aliphatic heterocycles. The summed E-state index contributed by atoms with van der Waals surface area (Å²) in [7, 11) is 0. The fourth-order valence-electron chi connectivity index (χ4n) is 6.13. The molecule has 0 radical (unpaired) electrons. The molecule has 198 valence electrons. The third-order valence-electron chi connectivity index (χ3n) is 8.58. The molecular weight excluding hydrogens is 460 g/mol. The summed E-state index contributed by atoms with van der Waals surface area (Å²) in [4.78, 5) is 43.6. The molecular formula is C33H42O4. The minimum Gasteiger partial charge on any atom is -0.506 e. The standard InChI is InChI=1S/C33H42O4/c1-21(2)14-15-25-20-32(18-16-22(3)4)28(35)26(27(34)24-12-10-9-11-13-24)29(36)33(30(32)37,31(25,7)8)19-17-23(5)6/h9-14,16-17,25,34H,15,18-20H2,1-8H3/b27-26+/t25-,32-,33+/m0/s1. The maximum atomic E-state index is 14.7. The summed E-state index contributed by atoms with van der Waals surface area (Å²) in [5.74, 6) is -1.75. The Hall–Kier alpha value is -3.01. The van der Waals surface area contributed by atoms with Crippen LogP contribution in [0.25, 0.3) is 5.76 Å². The summed E-state index contributed by atoms with van der Waals surface area (Å²) in [5, 5.41) is 11.4. The average molecular weight is 503 g/mol. The average Bonchev–Trinajstić information content (AvgIpc) is 2.82. The van der Waals surface area contributed by atoms with Crippen LogP contribution in [0.2, 0.25) is 0 Å². The van der Waals surface area contributed by atoms with Crippen molar-refractivity contribution in [3.8, 4) is 0 Å². The normalized spacial score (nSPS) is 27.9. The molecule has 37 heavy (non-hydrogen) atoms. The van der Waals surface area contributed by atoms with Crippen LogP contribution in [0.3, 0.4) is 0 Å². The highest BCUT2D eigenvalue weighted by atomic mass is 16.3. The van der Waals surface area contributed by atoms with Crippen molar-refractivity contribution in [1.82, 2.24) is 0 Å². The number of fused-ring (bicyclic) bond motifs is 2. The van der Waals surface area contributed by atoms with E-state index in [2.05, 4.69) is 6.08 Å². The van der Waals surface area contributed by atoms with Crippen molar-refractivity contribution in [2.24, 2.45) is 22.2 Å². The van der Waals surface area contributed by atoms with Crippen molar-refractivity contribution in [1.29, 1.82) is 0 Å². The first-order valence-corrected chi connectivity index (χ1v) is 13.3. The minimum atomic E-state index is -1.45. The number of hydrogen-bond donors (Lipinski definition) is 1. The van der Waals surface area contributed by atoms with E-state index in [-0.39, 0.29) is 35.9 Å². The third kappa shape index (κ3) is 4.71. The maximum Gasteiger partial charge on any atom is 0.184 e. The van der Waals surface area contributed by atoms with Gasteiger partial charge in [-0.15, -0.1) is 0 Å². The van der Waals surface area contributed by atoms with Crippen molar-refractivity contribution in [3.05, 3.63) is 76.4 Å². The smallest absolute Gasteiger partial charge is 0.184 e. The van der Waals surface area contributed by atoms with Crippen LogP contribution >= 0.6 is 0 Å². The summed E-state index contributed by atoms with van der Waals surface area (Å²) in [5.41, 5.74) is -0.236. The third-order valence-corrected chi connectivity index (χ3v) is 8.58. The van der Waals surface area contributed by atoms with Crippen molar-refractivity contribution in [2.45, 2.75) is 81.1 Å². The molecule has 1 N–H and O–H groups in total. The van der Waals surface area contributed by atoms with Gasteiger partial charge in [0.05, 0.1) is 5.41 Å². The molecule has 2 fully saturated rings. The van der Waals surface area contributed by atoms with E-state index in [9.17, 15) is 19.5 Å². The lowest BCUT2D eigenvalue weighted by Gasteiger charge is -2.60. The Kier molecular flexibility index (Phi) is 8.02. The predicted octanol–water partition coefficient (Wildman–Crippen LogP) is 7.76. The molecule has 4 heteroatoms. The fraction of sp³-hybridized carbons (Fsp3) is 0.485. The number of ketones is 3. The molecule has 1 aromatic carbocycles. The van der Waals surface area contributed by atoms with Gasteiger partial charge in [-0.2, -0.15) is 0 Å². The zero-order valence-electron chi connectivity index (χ0n) is 23.7. The highest BCUT2D eigenvalue weighted by molar-refractivity contribution is 6.41. The molecule has 0 unspecified atom stereocenters. The largest absolute Gasteiger partial charge is 0.506 e. The van der Waals surface area contributed by atoms with Gasteiger partial charge in [-0.1, -0.05) is 79.1 Å². The molecule has 3 atom stereocenters. The molecule has 2 saturated carbocycles. The van der Waals surface area contributed by atoms with Crippen LogP contribution in [0.15, 0.2) is 70.9 Å². The summed E-state index contributed by atoms with van der Waals surface area (Å²) in [6.07, 6.45) is 7.49. The quantitative estimate of drug-likeness (QED) is 0.136. The van der Waals surface area contributed by atoms with Crippen molar-refractivity contribution < 1.29 is 19.5 Å². The first-order chi connectivity index (χ1) is 17.2. The van der Waals surface area contributed by atoms with Crippen molar-refractivity contribution >= 4 is 23.1 Å². The Bertz CT molecular complexity index is 1210. The number of aliphatic hydroxyl groups excluding tert-OH is 1. The fourth-order valence-corrected chi connectivity index (χ4v) is 6.13. The first-order valence-electron chi connectivity index (χ1n) is 13.3. The number of carbonyl (C=O) groups excluding carboxylic acids is 3. The van der Waals surface area contributed by atoms with Gasteiger partial charge in [-0.05, 0) is 78.6 Å². The van der Waals surface area contributed by atoms with Gasteiger partial charge in [0.15, 0.2) is 17.3 Å². The van der Waals surface area contributed by atoms with Crippen molar-refractivity contribution in [2.75, 3.05) is 0 Å². The summed E-state index contributed by atoms with van der Waals surface area (Å²) < 4.78 is 0. The summed E-state index contributed by atoms with van der Waals surface area (Å²) in [6.45, 7) is 15.9. The molecule has 0 aromatic heterocycles. The molecule has 1 aromatic rings. The molecule has 2 bridgehead atoms. The number of Topliss-reactive ketones (excluding diaryl/α,β-unsaturated/α-hetero) is 3. The van der Waals surface area contributed by atoms with Crippen LogP contribution in [0.4, 0.5) is 0 Å². The number of allylic oxidation sites excluding steroid dienone is 7. The predicted molar refractivity (Wildman–Crippen MR) is 150 cm³/mol. The van der Waals surface area contributed by atoms with Crippen LogP contribution < -0.4 is 0 Å². The Labute approximate surface area is 222 Å². The van der Waals surface area contributed by atoms with Gasteiger partial charge in [0.2, 0.25) is 0 Å². The van der Waals surface area contributed by atoms with E-state index in [4.69, 9.17) is 0 Å². The number of benzene rings is 1. The number of carbonyl (C=O) groups is 3. The Morgan fingerprint density at radius 3 is 1.92 bits per heavy atom. The highest BCUT2D eigenvalue weighted by Gasteiger charge is 2.73. The topological polar surface area (TPSA) is 71.4 Å². The van der Waals surface area contributed by atoms with Crippen LogP contribution in [-0.2, 0) is 14.4 Å². The molecule has 0 spiro atoms. The molecule has 2 aliphatic carbocycles. The lowest BCUT2D eigenvalue weighted by Crippen LogP contribution is -2.69. The van der Waals surface area contributed by atoms with Gasteiger partial charge in [-0.25, -0.2) is 0 Å². The number of rotatable bonds is 7. The van der Waals surface area contributed by atoms with Gasteiger partial charge >= 0.3 is 0 Å². The maximum absolute atomic E-state index is 14.7. The first kappa shape index (κ1) is 28.6. The Balaban J connectivity index is 2.43. The minimum absolute atomic E-state index is 0.0652. The molecule has 4 nitrogen and oxygen atoms in total. The number of hydrogen-bond acceptors (Lipinski definition) is 4. The molecule has 0 saturated heterocycles. The van der Waals surface area contributed by atoms with Crippen LogP contribution in [-0.4, -0.2) is 22.5 Å². The SMILES string of the molecule is CC(C)=CC[C@H]1C[C@@]2(CC=C(C)C)C(=O)/C(=C(\O)c3ccccc3)C(=O)[C@](CC=C(C)C)(C2=O)C1(C)C. The van der Waals surface area contributed by atoms with E-state index < -0.39 is 27.8 Å². The molecule has 0 heterocycles. The Morgan fingerprint density at radius 2 is 1.38 bits per heavy atom. The van der Waals surface area contributed by atoms with Gasteiger partial charge in [0.25, 0.3) is 0 Å². The van der Waals surface area contributed by atoms with Gasteiger partial charge in [0.1, 0.15) is 16.7 Å². The van der Waals surface area contributed by atoms with E-state index in [1.165, 1.54) is 0 Å². The number of aliphatic hydroxyl groups is 1. The van der Waals surface area contributed by atoms with Crippen molar-refractivity contribution in [3.63, 3.8) is 0 Å². The monoisotopic (exact) mass is 502 g/mol. The van der Waals surface area contributed by atoms with Crippen LogP contribution in [0, 0.1) is 22.2 Å². The second-order valence-electron chi connectivity index (χ2n) is 12.2. The van der Waals surface area contributed by atoms with Crippen LogP contribution in [0.5, 0.6) is 0 Å². The molecule has 2 aliphatic rings. The molecule has 3 rings (SSSR count). The van der Waals surface area contributed by atoms with E-state index in [0.29, 0.717) is 18.4 Å². The second-order valence-corrected chi connectivity index (χ2v) is 12.2. The van der Waals surface area contributed by atoms with E-state index >= 15 is 0 Å². The lowest BCUT2D eigenvalue weighted by atomic mass is 9.38. The zero-order chi connectivity index (χ0) is 27.8. The highest BCUT2D eigenvalue weighted by Crippen LogP contribution is 2.65. The summed E-state index contributed by atoms with van der Waals surface area (Å²) in [6, 6.07) is 8.70. The summed E-state index contributed by atoms with van der Waals surface area (Å²) >= 11 is 0. The van der Waals surface area contributed by atoms with Crippen LogP contribution in [0.1, 0.15) is 86.6 Å².